The number of thiazole rings is 1. The van der Waals surface area contributed by atoms with Gasteiger partial charge in [-0.2, -0.15) is 0 Å². The Kier molecular flexibility index (Phi) is 3.17. The van der Waals surface area contributed by atoms with Crippen LogP contribution in [0.2, 0.25) is 0 Å². The Morgan fingerprint density at radius 2 is 1.91 bits per heavy atom. The van der Waals surface area contributed by atoms with E-state index in [2.05, 4.69) is 9.97 Å². The summed E-state index contributed by atoms with van der Waals surface area (Å²) in [4.78, 5) is 20.7. The van der Waals surface area contributed by atoms with Gasteiger partial charge in [-0.25, -0.2) is 9.78 Å². The van der Waals surface area contributed by atoms with E-state index >= 15 is 0 Å². The molecule has 0 radical (unpaired) electrons. The molecule has 4 rings (SSSR count). The van der Waals surface area contributed by atoms with Gasteiger partial charge in [0.15, 0.2) is 0 Å². The second-order valence-corrected chi connectivity index (χ2v) is 5.80. The molecule has 0 saturated heterocycles. The Morgan fingerprint density at radius 1 is 1.09 bits per heavy atom. The minimum Gasteiger partial charge on any atom is -0.508 e. The lowest BCUT2D eigenvalue weighted by molar-refractivity contribution is 0.473. The first kappa shape index (κ1) is 13.7. The summed E-state index contributed by atoms with van der Waals surface area (Å²) in [6, 6.07) is 10.1. The average molecular weight is 322 g/mol. The third-order valence-electron chi connectivity index (χ3n) is 3.43. The minimum atomic E-state index is -0.477. The van der Waals surface area contributed by atoms with Gasteiger partial charge in [-0.05, 0) is 30.3 Å². The molecule has 0 aliphatic heterocycles. The topological polar surface area (TPSA) is 76.2 Å². The van der Waals surface area contributed by atoms with Gasteiger partial charge in [0, 0.05) is 34.8 Å². The normalized spacial score (nSPS) is 11.0. The van der Waals surface area contributed by atoms with Crippen molar-refractivity contribution in [3.63, 3.8) is 0 Å². The van der Waals surface area contributed by atoms with Crippen molar-refractivity contribution < 1.29 is 9.52 Å². The highest BCUT2D eigenvalue weighted by Gasteiger charge is 2.12. The summed E-state index contributed by atoms with van der Waals surface area (Å²) in [7, 11) is 0. The van der Waals surface area contributed by atoms with Gasteiger partial charge in [0.25, 0.3) is 0 Å². The molecule has 0 spiro atoms. The van der Waals surface area contributed by atoms with Gasteiger partial charge in [0.05, 0.1) is 11.3 Å². The SMILES string of the molecule is O=c1oc2cc(O)ccc2cc1-c1csc(-c2ccncc2)n1. The zero-order valence-electron chi connectivity index (χ0n) is 11.8. The number of hydrogen-bond acceptors (Lipinski definition) is 6. The molecule has 0 aliphatic rings. The van der Waals surface area contributed by atoms with Crippen molar-refractivity contribution in [2.45, 2.75) is 0 Å². The zero-order chi connectivity index (χ0) is 15.8. The summed E-state index contributed by atoms with van der Waals surface area (Å²) in [6.07, 6.45) is 3.40. The minimum absolute atomic E-state index is 0.0574. The fourth-order valence-electron chi connectivity index (χ4n) is 2.30. The molecule has 3 aromatic heterocycles. The molecule has 0 amide bonds. The molecule has 0 fully saturated rings. The largest absolute Gasteiger partial charge is 0.508 e. The highest BCUT2D eigenvalue weighted by Crippen LogP contribution is 2.29. The first-order valence-corrected chi connectivity index (χ1v) is 7.72. The Balaban J connectivity index is 1.83. The molecule has 112 valence electrons. The van der Waals surface area contributed by atoms with Gasteiger partial charge in [-0.1, -0.05) is 0 Å². The van der Waals surface area contributed by atoms with Crippen LogP contribution in [-0.2, 0) is 0 Å². The first-order valence-electron chi connectivity index (χ1n) is 6.84. The number of aromatic nitrogens is 2. The highest BCUT2D eigenvalue weighted by atomic mass is 32.1. The van der Waals surface area contributed by atoms with Gasteiger partial charge < -0.3 is 9.52 Å². The summed E-state index contributed by atoms with van der Waals surface area (Å²) in [6.45, 7) is 0. The van der Waals surface area contributed by atoms with Gasteiger partial charge in [-0.3, -0.25) is 4.98 Å². The second kappa shape index (κ2) is 5.33. The summed E-state index contributed by atoms with van der Waals surface area (Å²) in [5.41, 5.74) is 1.80. The van der Waals surface area contributed by atoms with Crippen molar-refractivity contribution >= 4 is 22.3 Å². The fraction of sp³-hybridized carbons (Fsp3) is 0. The number of nitrogens with zero attached hydrogens (tertiary/aromatic N) is 2. The van der Waals surface area contributed by atoms with Gasteiger partial charge in [0.1, 0.15) is 16.3 Å². The van der Waals surface area contributed by atoms with E-state index < -0.39 is 5.63 Å². The van der Waals surface area contributed by atoms with Crippen LogP contribution in [0.4, 0.5) is 0 Å². The van der Waals surface area contributed by atoms with E-state index in [9.17, 15) is 9.90 Å². The lowest BCUT2D eigenvalue weighted by atomic mass is 10.1. The number of fused-ring (bicyclic) bond motifs is 1. The number of phenolic OH excluding ortho intramolecular Hbond substituents is 1. The van der Waals surface area contributed by atoms with Gasteiger partial charge in [-0.15, -0.1) is 11.3 Å². The summed E-state index contributed by atoms with van der Waals surface area (Å²) in [5, 5.41) is 12.8. The van der Waals surface area contributed by atoms with Crippen LogP contribution in [0, 0.1) is 0 Å². The zero-order valence-corrected chi connectivity index (χ0v) is 12.6. The molecule has 4 aromatic rings. The molecule has 0 saturated carbocycles. The van der Waals surface area contributed by atoms with Gasteiger partial charge >= 0.3 is 5.63 Å². The molecule has 1 aromatic carbocycles. The Bertz CT molecular complexity index is 1050. The molecule has 0 unspecified atom stereocenters. The van der Waals surface area contributed by atoms with Crippen LogP contribution in [0.3, 0.4) is 0 Å². The molecule has 6 heteroatoms. The predicted octanol–water partition coefficient (Wildman–Crippen LogP) is 3.68. The Labute approximate surface area is 134 Å². The fourth-order valence-corrected chi connectivity index (χ4v) is 3.13. The van der Waals surface area contributed by atoms with E-state index in [-0.39, 0.29) is 5.75 Å². The molecule has 1 N–H and O–H groups in total. The van der Waals surface area contributed by atoms with Crippen LogP contribution in [-0.4, -0.2) is 15.1 Å². The molecule has 3 heterocycles. The van der Waals surface area contributed by atoms with Crippen LogP contribution in [0.25, 0.3) is 32.8 Å². The van der Waals surface area contributed by atoms with E-state index in [1.807, 2.05) is 17.5 Å². The number of pyridine rings is 1. The van der Waals surface area contributed by atoms with Crippen molar-refractivity contribution in [2.75, 3.05) is 0 Å². The monoisotopic (exact) mass is 322 g/mol. The summed E-state index contributed by atoms with van der Waals surface area (Å²) < 4.78 is 5.28. The molecule has 5 nitrogen and oxygen atoms in total. The van der Waals surface area contributed by atoms with Crippen LogP contribution >= 0.6 is 11.3 Å². The third-order valence-corrected chi connectivity index (χ3v) is 4.32. The van der Waals surface area contributed by atoms with Crippen LogP contribution < -0.4 is 5.63 Å². The van der Waals surface area contributed by atoms with E-state index in [1.54, 1.807) is 30.6 Å². The molecule has 23 heavy (non-hydrogen) atoms. The molecular formula is C17H10N2O3S. The maximum absolute atomic E-state index is 12.2. The Hall–Kier alpha value is -2.99. The second-order valence-electron chi connectivity index (χ2n) is 4.94. The Morgan fingerprint density at radius 3 is 2.74 bits per heavy atom. The molecule has 0 atom stereocenters. The first-order chi connectivity index (χ1) is 11.2. The van der Waals surface area contributed by atoms with E-state index in [1.165, 1.54) is 17.4 Å². The van der Waals surface area contributed by atoms with Crippen molar-refractivity contribution in [1.82, 2.24) is 9.97 Å². The maximum atomic E-state index is 12.2. The van der Waals surface area contributed by atoms with Crippen LogP contribution in [0.1, 0.15) is 0 Å². The lowest BCUT2D eigenvalue weighted by Crippen LogP contribution is -2.02. The van der Waals surface area contributed by atoms with Crippen molar-refractivity contribution in [3.8, 4) is 27.6 Å². The average Bonchev–Trinajstić information content (AvgIpc) is 3.05. The number of hydrogen-bond donors (Lipinski definition) is 1. The number of rotatable bonds is 2. The quantitative estimate of drug-likeness (QED) is 0.570. The molecular weight excluding hydrogens is 312 g/mol. The van der Waals surface area contributed by atoms with Gasteiger partial charge in [0.2, 0.25) is 0 Å². The highest BCUT2D eigenvalue weighted by molar-refractivity contribution is 7.13. The van der Waals surface area contributed by atoms with Crippen molar-refractivity contribution in [2.24, 2.45) is 0 Å². The van der Waals surface area contributed by atoms with E-state index in [0.717, 1.165) is 16.0 Å². The number of benzene rings is 1. The smallest absolute Gasteiger partial charge is 0.345 e. The maximum Gasteiger partial charge on any atom is 0.345 e. The lowest BCUT2D eigenvalue weighted by Gasteiger charge is -2.00. The van der Waals surface area contributed by atoms with Crippen LogP contribution in [0.5, 0.6) is 5.75 Å². The molecule has 0 aliphatic carbocycles. The third kappa shape index (κ3) is 2.49. The molecule has 0 bridgehead atoms. The standard InChI is InChI=1S/C17H10N2O3S/c20-12-2-1-11-7-13(17(21)22-15(11)8-12)14-9-23-16(19-14)10-3-5-18-6-4-10/h1-9,20H. The number of aromatic hydroxyl groups is 1. The van der Waals surface area contributed by atoms with E-state index in [0.29, 0.717) is 16.8 Å². The summed E-state index contributed by atoms with van der Waals surface area (Å²) in [5.74, 6) is 0.0574. The van der Waals surface area contributed by atoms with Crippen molar-refractivity contribution in [3.05, 3.63) is 64.6 Å². The van der Waals surface area contributed by atoms with Crippen LogP contribution in [0.15, 0.2) is 63.4 Å². The van der Waals surface area contributed by atoms with Crippen molar-refractivity contribution in [1.29, 1.82) is 0 Å². The summed E-state index contributed by atoms with van der Waals surface area (Å²) >= 11 is 1.45. The predicted molar refractivity (Wildman–Crippen MR) is 88.5 cm³/mol. The van der Waals surface area contributed by atoms with E-state index in [4.69, 9.17) is 4.42 Å². The number of phenols is 1.